The van der Waals surface area contributed by atoms with Crippen molar-refractivity contribution in [3.8, 4) is 0 Å². The van der Waals surface area contributed by atoms with E-state index in [9.17, 15) is 18.0 Å². The number of rotatable bonds is 3. The largest absolute Gasteiger partial charge is 0.323 e. The SMILES string of the molecule is CN1CCN(S(=O)(=O)c2cccc(C(=O)N3CC(=O)Nc4ccccc43)c2)CC1. The summed E-state index contributed by atoms with van der Waals surface area (Å²) in [5.41, 5.74) is 1.37. The highest BCUT2D eigenvalue weighted by Gasteiger charge is 2.30. The van der Waals surface area contributed by atoms with Crippen LogP contribution in [0.5, 0.6) is 0 Å². The fourth-order valence-corrected chi connectivity index (χ4v) is 5.01. The van der Waals surface area contributed by atoms with E-state index in [2.05, 4.69) is 10.2 Å². The number of carbonyl (C=O) groups is 2. The number of sulfonamides is 1. The van der Waals surface area contributed by atoms with Gasteiger partial charge in [-0.1, -0.05) is 18.2 Å². The molecule has 2 aliphatic rings. The van der Waals surface area contributed by atoms with Crippen LogP contribution in [0.4, 0.5) is 11.4 Å². The first-order valence-electron chi connectivity index (χ1n) is 9.36. The van der Waals surface area contributed by atoms with Crippen molar-refractivity contribution in [2.24, 2.45) is 0 Å². The quantitative estimate of drug-likeness (QED) is 0.816. The van der Waals surface area contributed by atoms with Gasteiger partial charge < -0.3 is 10.2 Å². The zero-order chi connectivity index (χ0) is 20.6. The number of para-hydroxylation sites is 2. The molecule has 0 atom stereocenters. The van der Waals surface area contributed by atoms with Crippen LogP contribution in [0.25, 0.3) is 0 Å². The molecule has 0 spiro atoms. The molecule has 0 aromatic heterocycles. The molecule has 2 aliphatic heterocycles. The second-order valence-corrected chi connectivity index (χ2v) is 9.13. The molecule has 0 bridgehead atoms. The molecule has 0 radical (unpaired) electrons. The van der Waals surface area contributed by atoms with Gasteiger partial charge in [0.1, 0.15) is 6.54 Å². The maximum atomic E-state index is 13.1. The Kier molecular flexibility index (Phi) is 5.12. The minimum Gasteiger partial charge on any atom is -0.323 e. The first-order chi connectivity index (χ1) is 13.9. The monoisotopic (exact) mass is 414 g/mol. The van der Waals surface area contributed by atoms with E-state index in [1.807, 2.05) is 7.05 Å². The molecule has 2 heterocycles. The van der Waals surface area contributed by atoms with Gasteiger partial charge in [0.2, 0.25) is 15.9 Å². The average Bonchev–Trinajstić information content (AvgIpc) is 2.73. The van der Waals surface area contributed by atoms with Crippen LogP contribution in [0.1, 0.15) is 10.4 Å². The van der Waals surface area contributed by atoms with Gasteiger partial charge in [0.15, 0.2) is 0 Å². The fraction of sp³-hybridized carbons (Fsp3) is 0.300. The Labute approximate surface area is 169 Å². The number of fused-ring (bicyclic) bond motifs is 1. The molecule has 2 amide bonds. The zero-order valence-corrected chi connectivity index (χ0v) is 16.9. The van der Waals surface area contributed by atoms with Crippen molar-refractivity contribution < 1.29 is 18.0 Å². The van der Waals surface area contributed by atoms with E-state index in [4.69, 9.17) is 0 Å². The highest BCUT2D eigenvalue weighted by molar-refractivity contribution is 7.89. The van der Waals surface area contributed by atoms with Crippen LogP contribution in [-0.4, -0.2) is 69.2 Å². The molecule has 2 aromatic carbocycles. The van der Waals surface area contributed by atoms with Crippen LogP contribution in [0, 0.1) is 0 Å². The third-order valence-corrected chi connectivity index (χ3v) is 7.09. The predicted molar refractivity (Wildman–Crippen MR) is 109 cm³/mol. The Balaban J connectivity index is 1.64. The van der Waals surface area contributed by atoms with Gasteiger partial charge in [0.05, 0.1) is 16.3 Å². The van der Waals surface area contributed by atoms with Gasteiger partial charge in [-0.2, -0.15) is 4.31 Å². The predicted octanol–water partition coefficient (Wildman–Crippen LogP) is 1.22. The van der Waals surface area contributed by atoms with E-state index in [1.165, 1.54) is 21.3 Å². The molecule has 1 fully saturated rings. The Morgan fingerprint density at radius 3 is 2.48 bits per heavy atom. The lowest BCUT2D eigenvalue weighted by molar-refractivity contribution is -0.115. The topological polar surface area (TPSA) is 90.0 Å². The number of nitrogens with one attached hydrogen (secondary N) is 1. The molecule has 9 heteroatoms. The van der Waals surface area contributed by atoms with Gasteiger partial charge in [-0.25, -0.2) is 8.42 Å². The van der Waals surface area contributed by atoms with Crippen molar-refractivity contribution in [1.82, 2.24) is 9.21 Å². The number of anilines is 2. The summed E-state index contributed by atoms with van der Waals surface area (Å²) in [6.07, 6.45) is 0. The van der Waals surface area contributed by atoms with Gasteiger partial charge in [-0.15, -0.1) is 0 Å². The van der Waals surface area contributed by atoms with E-state index in [0.29, 0.717) is 37.6 Å². The molecule has 0 saturated carbocycles. The highest BCUT2D eigenvalue weighted by Crippen LogP contribution is 2.30. The maximum absolute atomic E-state index is 13.1. The molecule has 1 saturated heterocycles. The van der Waals surface area contributed by atoms with E-state index >= 15 is 0 Å². The van der Waals surface area contributed by atoms with Gasteiger partial charge >= 0.3 is 0 Å². The summed E-state index contributed by atoms with van der Waals surface area (Å²) in [6.45, 7) is 2.04. The number of likely N-dealkylation sites (N-methyl/N-ethyl adjacent to an activating group) is 1. The van der Waals surface area contributed by atoms with Crippen LogP contribution in [0.15, 0.2) is 53.4 Å². The van der Waals surface area contributed by atoms with Crippen LogP contribution < -0.4 is 10.2 Å². The van der Waals surface area contributed by atoms with Crippen LogP contribution in [0.3, 0.4) is 0 Å². The number of nitrogens with zero attached hydrogens (tertiary/aromatic N) is 3. The number of benzene rings is 2. The third kappa shape index (κ3) is 3.76. The van der Waals surface area contributed by atoms with Gasteiger partial charge in [0.25, 0.3) is 5.91 Å². The number of hydrogen-bond acceptors (Lipinski definition) is 5. The second-order valence-electron chi connectivity index (χ2n) is 7.19. The molecule has 29 heavy (non-hydrogen) atoms. The Bertz CT molecular complexity index is 1060. The molecular weight excluding hydrogens is 392 g/mol. The van der Waals surface area contributed by atoms with Crippen LogP contribution in [-0.2, 0) is 14.8 Å². The zero-order valence-electron chi connectivity index (χ0n) is 16.0. The molecule has 2 aromatic rings. The summed E-state index contributed by atoms with van der Waals surface area (Å²) in [5.74, 6) is -0.707. The standard InChI is InChI=1S/C20H22N4O4S/c1-22-9-11-23(12-10-22)29(27,28)16-6-4-5-15(13-16)20(26)24-14-19(25)21-17-7-2-3-8-18(17)24/h2-8,13H,9-12,14H2,1H3,(H,21,25). The van der Waals surface area contributed by atoms with E-state index in [1.54, 1.807) is 36.4 Å². The van der Waals surface area contributed by atoms with E-state index in [-0.39, 0.29) is 22.9 Å². The summed E-state index contributed by atoms with van der Waals surface area (Å²) in [6, 6.07) is 13.1. The number of carbonyl (C=O) groups excluding carboxylic acids is 2. The molecule has 152 valence electrons. The minimum atomic E-state index is -3.69. The molecule has 1 N–H and O–H groups in total. The maximum Gasteiger partial charge on any atom is 0.258 e. The van der Waals surface area contributed by atoms with E-state index < -0.39 is 15.9 Å². The van der Waals surface area contributed by atoms with Gasteiger partial charge in [-0.05, 0) is 37.4 Å². The summed E-state index contributed by atoms with van der Waals surface area (Å²) in [5, 5.41) is 2.74. The Morgan fingerprint density at radius 1 is 1.00 bits per heavy atom. The number of piperazine rings is 1. The van der Waals surface area contributed by atoms with Crippen LogP contribution in [0.2, 0.25) is 0 Å². The molecule has 4 rings (SSSR count). The van der Waals surface area contributed by atoms with Crippen molar-refractivity contribution in [2.75, 3.05) is 50.0 Å². The Hall–Kier alpha value is -2.75. The van der Waals surface area contributed by atoms with Gasteiger partial charge in [-0.3, -0.25) is 14.5 Å². The van der Waals surface area contributed by atoms with E-state index in [0.717, 1.165) is 0 Å². The van der Waals surface area contributed by atoms with Crippen molar-refractivity contribution in [2.45, 2.75) is 4.90 Å². The average molecular weight is 414 g/mol. The lowest BCUT2D eigenvalue weighted by atomic mass is 10.1. The summed E-state index contributed by atoms with van der Waals surface area (Å²) >= 11 is 0. The minimum absolute atomic E-state index is 0.0858. The molecule has 0 unspecified atom stereocenters. The lowest BCUT2D eigenvalue weighted by Gasteiger charge is -2.31. The van der Waals surface area contributed by atoms with Crippen molar-refractivity contribution in [3.05, 3.63) is 54.1 Å². The first kappa shape index (κ1) is 19.6. The molecular formula is C20H22N4O4S. The summed E-state index contributed by atoms with van der Waals surface area (Å²) < 4.78 is 27.5. The van der Waals surface area contributed by atoms with Crippen molar-refractivity contribution in [3.63, 3.8) is 0 Å². The first-order valence-corrected chi connectivity index (χ1v) is 10.8. The highest BCUT2D eigenvalue weighted by atomic mass is 32.2. The lowest BCUT2D eigenvalue weighted by Crippen LogP contribution is -2.47. The Morgan fingerprint density at radius 2 is 1.72 bits per heavy atom. The molecule has 0 aliphatic carbocycles. The second kappa shape index (κ2) is 7.58. The third-order valence-electron chi connectivity index (χ3n) is 5.20. The molecule has 8 nitrogen and oxygen atoms in total. The van der Waals surface area contributed by atoms with Crippen molar-refractivity contribution >= 4 is 33.2 Å². The van der Waals surface area contributed by atoms with Gasteiger partial charge in [0, 0.05) is 31.7 Å². The summed E-state index contributed by atoms with van der Waals surface area (Å²) in [4.78, 5) is 28.7. The smallest absolute Gasteiger partial charge is 0.258 e. The number of hydrogen-bond donors (Lipinski definition) is 1. The summed E-state index contributed by atoms with van der Waals surface area (Å²) in [7, 11) is -1.73. The van der Waals surface area contributed by atoms with Crippen molar-refractivity contribution in [1.29, 1.82) is 0 Å². The fourth-order valence-electron chi connectivity index (χ4n) is 3.54. The normalized spacial score (nSPS) is 18.2. The van der Waals surface area contributed by atoms with Crippen LogP contribution >= 0.6 is 0 Å². The number of amides is 2.